The Bertz CT molecular complexity index is 1680. The van der Waals surface area contributed by atoms with Crippen molar-refractivity contribution in [1.82, 2.24) is 30.0 Å². The minimum absolute atomic E-state index is 0.0142. The molecule has 0 spiro atoms. The Morgan fingerprint density at radius 2 is 1.52 bits per heavy atom. The minimum atomic E-state index is -1.05. The molecule has 1 N–H and O–H groups in total. The minimum Gasteiger partial charge on any atom is -0.474 e. The van der Waals surface area contributed by atoms with Gasteiger partial charge in [-0.1, -0.05) is 74.0 Å². The zero-order valence-corrected chi connectivity index (χ0v) is 32.0. The second-order valence-corrected chi connectivity index (χ2v) is 14.8. The second-order valence-electron chi connectivity index (χ2n) is 14.8. The molecule has 3 amide bonds. The number of carbonyl (C=O) groups excluding carboxylic acids is 4. The van der Waals surface area contributed by atoms with Crippen LogP contribution < -0.4 is 10.1 Å². The average Bonchev–Trinajstić information content (AvgIpc) is 3.17. The molecule has 290 valence electrons. The van der Waals surface area contributed by atoms with Crippen LogP contribution in [0.15, 0.2) is 66.7 Å². The van der Waals surface area contributed by atoms with Crippen LogP contribution in [0.3, 0.4) is 0 Å². The highest BCUT2D eigenvalue weighted by molar-refractivity contribution is 5.97. The van der Waals surface area contributed by atoms with Crippen molar-refractivity contribution < 1.29 is 33.4 Å². The van der Waals surface area contributed by atoms with Gasteiger partial charge in [0.2, 0.25) is 11.8 Å². The Morgan fingerprint density at radius 3 is 2.17 bits per heavy atom. The van der Waals surface area contributed by atoms with Gasteiger partial charge in [0.05, 0.1) is 6.61 Å². The number of rotatable bonds is 14. The van der Waals surface area contributed by atoms with Crippen molar-refractivity contribution in [3.8, 4) is 17.3 Å². The van der Waals surface area contributed by atoms with Gasteiger partial charge in [-0.2, -0.15) is 4.98 Å². The number of nitrogens with zero attached hydrogens (tertiary/aromatic N) is 5. The second kappa shape index (κ2) is 19.3. The first-order valence-electron chi connectivity index (χ1n) is 19.1. The quantitative estimate of drug-likeness (QED) is 0.167. The molecule has 0 aliphatic carbocycles. The van der Waals surface area contributed by atoms with Crippen LogP contribution in [-0.2, 0) is 25.6 Å². The first-order chi connectivity index (χ1) is 26.0. The fraction of sp³-hybridized carbons (Fsp3) is 0.512. The Hall–Kier alpha value is -5.04. The molecule has 3 heterocycles. The third-order valence-electron chi connectivity index (χ3n) is 9.27. The van der Waals surface area contributed by atoms with E-state index in [-0.39, 0.29) is 49.5 Å². The topological polar surface area (TPSA) is 144 Å². The lowest BCUT2D eigenvalue weighted by atomic mass is 10.1. The van der Waals surface area contributed by atoms with Crippen molar-refractivity contribution in [3.63, 3.8) is 0 Å². The summed E-state index contributed by atoms with van der Waals surface area (Å²) in [6.45, 7) is 11.4. The monoisotopic (exact) mass is 742 g/mol. The van der Waals surface area contributed by atoms with E-state index in [1.54, 1.807) is 30.6 Å². The van der Waals surface area contributed by atoms with Gasteiger partial charge in [-0.25, -0.2) is 9.78 Å². The first-order valence-corrected chi connectivity index (χ1v) is 19.1. The van der Waals surface area contributed by atoms with Gasteiger partial charge in [0.1, 0.15) is 23.4 Å². The predicted molar refractivity (Wildman–Crippen MR) is 204 cm³/mol. The zero-order chi connectivity index (χ0) is 38.5. The number of nitrogens with one attached hydrogen (secondary N) is 1. The summed E-state index contributed by atoms with van der Waals surface area (Å²) in [5.74, 6) is -0.847. The average molecular weight is 743 g/mol. The molecule has 0 radical (unpaired) electrons. The summed E-state index contributed by atoms with van der Waals surface area (Å²) in [5.41, 5.74) is 1.31. The SMILES string of the molecule is CCCCOC(=O)N1CCN(C(=O)C(CCC(=O)OC(C)(C)C)NC(=O)c2cc(OC3CCN(Cc4ccccc4)CC3)nc(-c3ccccc3)n2)CC1. The van der Waals surface area contributed by atoms with Crippen molar-refractivity contribution in [2.75, 3.05) is 45.9 Å². The molecule has 2 aliphatic heterocycles. The number of aromatic nitrogens is 2. The number of piperidine rings is 1. The van der Waals surface area contributed by atoms with Gasteiger partial charge in [-0.05, 0) is 52.0 Å². The number of hydrogen-bond acceptors (Lipinski definition) is 10. The van der Waals surface area contributed by atoms with Crippen molar-refractivity contribution in [2.24, 2.45) is 0 Å². The number of amides is 3. The molecule has 1 unspecified atom stereocenters. The van der Waals surface area contributed by atoms with E-state index in [4.69, 9.17) is 14.2 Å². The third kappa shape index (κ3) is 12.3. The Balaban J connectivity index is 1.29. The van der Waals surface area contributed by atoms with Crippen LogP contribution in [0.1, 0.15) is 82.3 Å². The van der Waals surface area contributed by atoms with E-state index < -0.39 is 29.6 Å². The van der Waals surface area contributed by atoms with Gasteiger partial charge in [0, 0.05) is 63.9 Å². The number of piperazine rings is 1. The molecule has 2 saturated heterocycles. The van der Waals surface area contributed by atoms with Gasteiger partial charge in [0.15, 0.2) is 5.82 Å². The molecule has 5 rings (SSSR count). The highest BCUT2D eigenvalue weighted by Gasteiger charge is 2.32. The van der Waals surface area contributed by atoms with Crippen LogP contribution in [0.25, 0.3) is 11.4 Å². The molecule has 13 nitrogen and oxygen atoms in total. The van der Waals surface area contributed by atoms with E-state index in [0.717, 1.165) is 45.3 Å². The van der Waals surface area contributed by atoms with E-state index in [0.29, 0.717) is 31.1 Å². The molecule has 54 heavy (non-hydrogen) atoms. The fourth-order valence-corrected chi connectivity index (χ4v) is 6.38. The number of unbranched alkanes of at least 4 members (excludes halogenated alkanes) is 1. The van der Waals surface area contributed by atoms with Crippen LogP contribution in [-0.4, -0.2) is 112 Å². The summed E-state index contributed by atoms with van der Waals surface area (Å²) in [5, 5.41) is 2.86. The summed E-state index contributed by atoms with van der Waals surface area (Å²) in [6, 6.07) is 20.2. The number of hydrogen-bond donors (Lipinski definition) is 1. The maximum absolute atomic E-state index is 14.0. The number of benzene rings is 2. The van der Waals surface area contributed by atoms with E-state index in [1.165, 1.54) is 11.6 Å². The third-order valence-corrected chi connectivity index (χ3v) is 9.27. The van der Waals surface area contributed by atoms with Crippen molar-refractivity contribution in [2.45, 2.75) is 90.5 Å². The molecular formula is C41H54N6O7. The van der Waals surface area contributed by atoms with Crippen molar-refractivity contribution >= 4 is 23.9 Å². The van der Waals surface area contributed by atoms with Crippen LogP contribution >= 0.6 is 0 Å². The molecule has 0 saturated carbocycles. The lowest BCUT2D eigenvalue weighted by Gasteiger charge is -2.36. The summed E-state index contributed by atoms with van der Waals surface area (Å²) < 4.78 is 17.2. The first kappa shape index (κ1) is 40.2. The fourth-order valence-electron chi connectivity index (χ4n) is 6.38. The molecule has 2 aromatic carbocycles. The molecule has 2 aliphatic rings. The summed E-state index contributed by atoms with van der Waals surface area (Å²) in [7, 11) is 0. The van der Waals surface area contributed by atoms with E-state index >= 15 is 0 Å². The van der Waals surface area contributed by atoms with Gasteiger partial charge in [-0.15, -0.1) is 0 Å². The van der Waals surface area contributed by atoms with Crippen molar-refractivity contribution in [3.05, 3.63) is 78.0 Å². The Morgan fingerprint density at radius 1 is 0.870 bits per heavy atom. The lowest BCUT2D eigenvalue weighted by molar-refractivity contribution is -0.155. The molecule has 1 aromatic heterocycles. The van der Waals surface area contributed by atoms with Gasteiger partial charge < -0.3 is 29.3 Å². The largest absolute Gasteiger partial charge is 0.474 e. The van der Waals surface area contributed by atoms with Crippen LogP contribution in [0, 0.1) is 0 Å². The summed E-state index contributed by atoms with van der Waals surface area (Å²) in [4.78, 5) is 68.1. The smallest absolute Gasteiger partial charge is 0.409 e. The molecule has 13 heteroatoms. The molecule has 0 bridgehead atoms. The zero-order valence-electron chi connectivity index (χ0n) is 32.0. The van der Waals surface area contributed by atoms with Crippen LogP contribution in [0.2, 0.25) is 0 Å². The Labute approximate surface area is 318 Å². The maximum atomic E-state index is 14.0. The van der Waals surface area contributed by atoms with E-state index in [1.807, 2.05) is 55.5 Å². The van der Waals surface area contributed by atoms with E-state index in [2.05, 4.69) is 32.3 Å². The highest BCUT2D eigenvalue weighted by atomic mass is 16.6. The summed E-state index contributed by atoms with van der Waals surface area (Å²) >= 11 is 0. The number of likely N-dealkylation sites (tertiary alicyclic amines) is 1. The number of esters is 1. The van der Waals surface area contributed by atoms with Gasteiger partial charge in [-0.3, -0.25) is 19.3 Å². The molecule has 2 fully saturated rings. The maximum Gasteiger partial charge on any atom is 0.409 e. The molecule has 3 aromatic rings. The number of ether oxygens (including phenoxy) is 3. The Kier molecular flexibility index (Phi) is 14.4. The predicted octanol–water partition coefficient (Wildman–Crippen LogP) is 5.49. The van der Waals surface area contributed by atoms with Gasteiger partial charge >= 0.3 is 12.1 Å². The molecular weight excluding hydrogens is 688 g/mol. The van der Waals surface area contributed by atoms with Crippen LogP contribution in [0.4, 0.5) is 4.79 Å². The normalized spacial score (nSPS) is 16.0. The number of carbonyl (C=O) groups is 4. The van der Waals surface area contributed by atoms with Crippen LogP contribution in [0.5, 0.6) is 5.88 Å². The van der Waals surface area contributed by atoms with E-state index in [9.17, 15) is 19.2 Å². The van der Waals surface area contributed by atoms with Crippen molar-refractivity contribution in [1.29, 1.82) is 0 Å². The molecule has 1 atom stereocenters. The standard InChI is InChI=1S/C41H54N6O7/c1-5-6-27-52-40(51)47-25-23-46(24-26-47)39(50)33(17-18-36(48)54-41(2,3)4)43-38(49)34-28-35(44-37(42-34)31-15-11-8-12-16-31)53-32-19-21-45(22-20-32)29-30-13-9-7-10-14-30/h7-16,28,32-33H,5-6,17-27,29H2,1-4H3,(H,43,49). The van der Waals surface area contributed by atoms with Gasteiger partial charge in [0.25, 0.3) is 5.91 Å². The summed E-state index contributed by atoms with van der Waals surface area (Å²) in [6.07, 6.45) is 2.71. The highest BCUT2D eigenvalue weighted by Crippen LogP contribution is 2.24. The lowest BCUT2D eigenvalue weighted by Crippen LogP contribution is -2.56.